The van der Waals surface area contributed by atoms with Crippen LogP contribution >= 0.6 is 0 Å². The van der Waals surface area contributed by atoms with Crippen molar-refractivity contribution in [1.29, 1.82) is 0 Å². The topological polar surface area (TPSA) is 109 Å². The summed E-state index contributed by atoms with van der Waals surface area (Å²) >= 11 is 0. The van der Waals surface area contributed by atoms with Crippen molar-refractivity contribution in [2.24, 2.45) is 0 Å². The zero-order valence-corrected chi connectivity index (χ0v) is 15.9. The van der Waals surface area contributed by atoms with Gasteiger partial charge in [-0.15, -0.1) is 0 Å². The van der Waals surface area contributed by atoms with E-state index in [0.29, 0.717) is 12.3 Å². The smallest absolute Gasteiger partial charge is 0.434 e. The zero-order valence-electron chi connectivity index (χ0n) is 15.9. The molecule has 0 amide bonds. The number of esters is 2. The van der Waals surface area contributed by atoms with Crippen LogP contribution < -0.4 is 5.73 Å². The third-order valence-corrected chi connectivity index (χ3v) is 3.31. The SMILES string of the molecule is CCOC(=O)c1cnn(-c2nc(C(=O)OC(C)(C)C)c(F)cc2N)c1C(F)(F)F. The van der Waals surface area contributed by atoms with Gasteiger partial charge in [-0.25, -0.2) is 23.6 Å². The summed E-state index contributed by atoms with van der Waals surface area (Å²) in [6.45, 7) is 5.80. The Bertz CT molecular complexity index is 948. The van der Waals surface area contributed by atoms with Gasteiger partial charge in [0.15, 0.2) is 23.0 Å². The summed E-state index contributed by atoms with van der Waals surface area (Å²) in [5.74, 6) is -4.36. The van der Waals surface area contributed by atoms with E-state index in [-0.39, 0.29) is 11.3 Å². The molecule has 29 heavy (non-hydrogen) atoms. The van der Waals surface area contributed by atoms with Crippen molar-refractivity contribution in [3.8, 4) is 5.82 Å². The van der Waals surface area contributed by atoms with Crippen LogP contribution in [0.3, 0.4) is 0 Å². The molecule has 0 saturated carbocycles. The van der Waals surface area contributed by atoms with Gasteiger partial charge in [-0.05, 0) is 27.7 Å². The number of halogens is 4. The third-order valence-electron chi connectivity index (χ3n) is 3.31. The van der Waals surface area contributed by atoms with Crippen molar-refractivity contribution in [2.75, 3.05) is 12.3 Å². The van der Waals surface area contributed by atoms with E-state index in [2.05, 4.69) is 14.8 Å². The molecule has 0 unspecified atom stereocenters. The van der Waals surface area contributed by atoms with Crippen LogP contribution in [-0.2, 0) is 15.7 Å². The first-order valence-corrected chi connectivity index (χ1v) is 8.28. The number of carbonyl (C=O) groups is 2. The molecule has 2 rings (SSSR count). The van der Waals surface area contributed by atoms with Gasteiger partial charge in [0.2, 0.25) is 0 Å². The maximum Gasteiger partial charge on any atom is 0.434 e. The molecular weight excluding hydrogens is 400 g/mol. The number of alkyl halides is 3. The van der Waals surface area contributed by atoms with E-state index < -0.39 is 58.0 Å². The van der Waals surface area contributed by atoms with Gasteiger partial charge in [0, 0.05) is 6.07 Å². The van der Waals surface area contributed by atoms with Gasteiger partial charge in [-0.2, -0.15) is 18.3 Å². The van der Waals surface area contributed by atoms with E-state index in [4.69, 9.17) is 10.5 Å². The Morgan fingerprint density at radius 1 is 1.21 bits per heavy atom. The van der Waals surface area contributed by atoms with Crippen LogP contribution in [0.2, 0.25) is 0 Å². The zero-order chi connectivity index (χ0) is 22.1. The molecule has 2 N–H and O–H groups in total. The molecule has 2 aromatic heterocycles. The number of ether oxygens (including phenoxy) is 2. The number of nitrogens with zero attached hydrogens (tertiary/aromatic N) is 3. The molecule has 0 spiro atoms. The van der Waals surface area contributed by atoms with Gasteiger partial charge < -0.3 is 15.2 Å². The van der Waals surface area contributed by atoms with Crippen LogP contribution in [0.15, 0.2) is 12.3 Å². The maximum atomic E-state index is 14.2. The van der Waals surface area contributed by atoms with Crippen LogP contribution in [0.5, 0.6) is 0 Å². The number of nitrogens with two attached hydrogens (primary N) is 1. The molecule has 0 fully saturated rings. The summed E-state index contributed by atoms with van der Waals surface area (Å²) < 4.78 is 64.8. The minimum absolute atomic E-state index is 0.166. The Morgan fingerprint density at radius 3 is 2.34 bits per heavy atom. The fourth-order valence-electron chi connectivity index (χ4n) is 2.27. The summed E-state index contributed by atoms with van der Waals surface area (Å²) in [7, 11) is 0. The van der Waals surface area contributed by atoms with Crippen molar-refractivity contribution in [2.45, 2.75) is 39.5 Å². The Labute approximate surface area is 162 Å². The lowest BCUT2D eigenvalue weighted by atomic mass is 10.2. The molecule has 0 saturated heterocycles. The number of rotatable bonds is 4. The highest BCUT2D eigenvalue weighted by atomic mass is 19.4. The van der Waals surface area contributed by atoms with Crippen LogP contribution in [0.25, 0.3) is 5.82 Å². The van der Waals surface area contributed by atoms with Crippen LogP contribution in [0, 0.1) is 5.82 Å². The fraction of sp³-hybridized carbons (Fsp3) is 0.412. The second kappa shape index (κ2) is 7.68. The molecule has 2 heterocycles. The second-order valence-electron chi connectivity index (χ2n) is 6.77. The first kappa shape index (κ1) is 22.1. The molecule has 0 radical (unpaired) electrons. The number of aromatic nitrogens is 3. The first-order chi connectivity index (χ1) is 13.3. The molecule has 0 aliphatic heterocycles. The number of anilines is 1. The highest BCUT2D eigenvalue weighted by Crippen LogP contribution is 2.35. The number of carbonyl (C=O) groups excluding carboxylic acids is 2. The third kappa shape index (κ3) is 4.81. The Kier molecular flexibility index (Phi) is 5.86. The summed E-state index contributed by atoms with van der Waals surface area (Å²) in [5.41, 5.74) is 0.757. The summed E-state index contributed by atoms with van der Waals surface area (Å²) in [4.78, 5) is 27.6. The van der Waals surface area contributed by atoms with Crippen molar-refractivity contribution in [1.82, 2.24) is 14.8 Å². The van der Waals surface area contributed by atoms with Crippen LogP contribution in [0.4, 0.5) is 23.2 Å². The highest BCUT2D eigenvalue weighted by molar-refractivity contribution is 5.91. The number of hydrogen-bond donors (Lipinski definition) is 1. The van der Waals surface area contributed by atoms with E-state index in [1.807, 2.05) is 0 Å². The van der Waals surface area contributed by atoms with Gasteiger partial charge in [-0.3, -0.25) is 0 Å². The largest absolute Gasteiger partial charge is 0.462 e. The summed E-state index contributed by atoms with van der Waals surface area (Å²) in [6.07, 6.45) is -4.44. The fourth-order valence-corrected chi connectivity index (χ4v) is 2.27. The molecule has 0 bridgehead atoms. The van der Waals surface area contributed by atoms with Crippen molar-refractivity contribution < 1.29 is 36.6 Å². The molecule has 8 nitrogen and oxygen atoms in total. The van der Waals surface area contributed by atoms with Crippen molar-refractivity contribution in [3.05, 3.63) is 35.0 Å². The number of pyridine rings is 1. The van der Waals surface area contributed by atoms with E-state index in [9.17, 15) is 27.2 Å². The average molecular weight is 418 g/mol. The van der Waals surface area contributed by atoms with Gasteiger partial charge in [0.1, 0.15) is 11.2 Å². The minimum Gasteiger partial charge on any atom is -0.462 e. The molecule has 158 valence electrons. The van der Waals surface area contributed by atoms with Crippen LogP contribution in [-0.4, -0.2) is 38.9 Å². The maximum absolute atomic E-state index is 14.2. The lowest BCUT2D eigenvalue weighted by Gasteiger charge is -2.20. The molecular formula is C17H18F4N4O4. The first-order valence-electron chi connectivity index (χ1n) is 8.28. The predicted molar refractivity (Wildman–Crippen MR) is 91.9 cm³/mol. The van der Waals surface area contributed by atoms with Gasteiger partial charge in [-0.1, -0.05) is 0 Å². The van der Waals surface area contributed by atoms with E-state index >= 15 is 0 Å². The average Bonchev–Trinajstić information content (AvgIpc) is 2.98. The normalized spacial score (nSPS) is 12.0. The predicted octanol–water partition coefficient (Wildman–Crippen LogP) is 3.14. The molecule has 0 aliphatic carbocycles. The number of nitrogen functional groups attached to an aromatic ring is 1. The Balaban J connectivity index is 2.67. The van der Waals surface area contributed by atoms with Gasteiger partial charge in [0.25, 0.3) is 0 Å². The quantitative estimate of drug-likeness (QED) is 0.600. The monoisotopic (exact) mass is 418 g/mol. The number of hydrogen-bond acceptors (Lipinski definition) is 7. The summed E-state index contributed by atoms with van der Waals surface area (Å²) in [6, 6.07) is 0.619. The Morgan fingerprint density at radius 2 is 1.83 bits per heavy atom. The molecule has 12 heteroatoms. The standard InChI is InChI=1S/C17H18F4N4O4/c1-5-28-14(26)8-7-23-25(12(8)17(19,20)21)13-10(22)6-9(18)11(24-13)15(27)29-16(2,3)4/h6-7H,5,22H2,1-4H3. The lowest BCUT2D eigenvalue weighted by Crippen LogP contribution is -2.26. The molecule has 0 aromatic carbocycles. The minimum atomic E-state index is -5.06. The second-order valence-corrected chi connectivity index (χ2v) is 6.77. The van der Waals surface area contributed by atoms with Crippen molar-refractivity contribution in [3.63, 3.8) is 0 Å². The van der Waals surface area contributed by atoms with E-state index in [1.165, 1.54) is 27.7 Å². The van der Waals surface area contributed by atoms with Crippen molar-refractivity contribution >= 4 is 17.6 Å². The van der Waals surface area contributed by atoms with E-state index in [1.54, 1.807) is 0 Å². The van der Waals surface area contributed by atoms with Gasteiger partial charge in [0.05, 0.1) is 18.5 Å². The summed E-state index contributed by atoms with van der Waals surface area (Å²) in [5, 5.41) is 3.50. The van der Waals surface area contributed by atoms with Crippen LogP contribution in [0.1, 0.15) is 54.2 Å². The molecule has 0 aliphatic rings. The molecule has 2 aromatic rings. The molecule has 0 atom stereocenters. The lowest BCUT2D eigenvalue weighted by molar-refractivity contribution is -0.143. The van der Waals surface area contributed by atoms with Gasteiger partial charge >= 0.3 is 18.1 Å². The van der Waals surface area contributed by atoms with E-state index in [0.717, 1.165) is 0 Å². The highest BCUT2D eigenvalue weighted by Gasteiger charge is 2.42. The Hall–Kier alpha value is -3.18.